The van der Waals surface area contributed by atoms with Crippen LogP contribution in [-0.4, -0.2) is 43.7 Å². The van der Waals surface area contributed by atoms with Crippen LogP contribution in [0.5, 0.6) is 11.5 Å². The summed E-state index contributed by atoms with van der Waals surface area (Å²) >= 11 is 0. The first kappa shape index (κ1) is 21.2. The van der Waals surface area contributed by atoms with Gasteiger partial charge in [-0.05, 0) is 69.6 Å². The molecule has 2 unspecified atom stereocenters. The topological polar surface area (TPSA) is 50.8 Å². The van der Waals surface area contributed by atoms with Crippen molar-refractivity contribution in [1.82, 2.24) is 10.2 Å². The summed E-state index contributed by atoms with van der Waals surface area (Å²) in [5, 5.41) is 3.10. The number of aryl methyl sites for hydroxylation is 1. The highest BCUT2D eigenvalue weighted by Crippen LogP contribution is 2.26. The fraction of sp³-hybridized carbons (Fsp3) is 0.458. The molecule has 3 rings (SSSR count). The predicted molar refractivity (Wildman–Crippen MR) is 115 cm³/mol. The van der Waals surface area contributed by atoms with Crippen molar-refractivity contribution in [3.05, 3.63) is 59.7 Å². The normalized spacial score (nSPS) is 16.7. The third-order valence-corrected chi connectivity index (χ3v) is 5.50. The van der Waals surface area contributed by atoms with Crippen LogP contribution < -0.4 is 14.8 Å². The van der Waals surface area contributed by atoms with E-state index in [0.29, 0.717) is 12.3 Å². The van der Waals surface area contributed by atoms with E-state index in [9.17, 15) is 4.79 Å². The zero-order chi connectivity index (χ0) is 20.6. The maximum Gasteiger partial charge on any atom is 0.260 e. The van der Waals surface area contributed by atoms with Crippen LogP contribution in [0.2, 0.25) is 0 Å². The number of amides is 1. The Bertz CT molecular complexity index is 768. The molecule has 1 heterocycles. The van der Waals surface area contributed by atoms with Crippen molar-refractivity contribution in [2.45, 2.75) is 45.3 Å². The number of hydrogen-bond acceptors (Lipinski definition) is 4. The lowest BCUT2D eigenvalue weighted by Crippen LogP contribution is -2.43. The van der Waals surface area contributed by atoms with Crippen LogP contribution in [0.3, 0.4) is 0 Å². The van der Waals surface area contributed by atoms with Gasteiger partial charge < -0.3 is 14.8 Å². The molecule has 0 bridgehead atoms. The minimum Gasteiger partial charge on any atom is -0.497 e. The summed E-state index contributed by atoms with van der Waals surface area (Å²) < 4.78 is 11.1. The van der Waals surface area contributed by atoms with E-state index in [0.717, 1.165) is 18.8 Å². The molecule has 0 aromatic heterocycles. The first-order chi connectivity index (χ1) is 14.1. The maximum atomic E-state index is 12.7. The number of methoxy groups -OCH3 is 1. The van der Waals surface area contributed by atoms with Gasteiger partial charge in [0.25, 0.3) is 5.91 Å². The fourth-order valence-corrected chi connectivity index (χ4v) is 3.73. The summed E-state index contributed by atoms with van der Waals surface area (Å²) in [6, 6.07) is 16.1. The second-order valence-electron chi connectivity index (χ2n) is 7.70. The van der Waals surface area contributed by atoms with E-state index in [1.165, 1.54) is 30.4 Å². The van der Waals surface area contributed by atoms with Gasteiger partial charge in [0.15, 0.2) is 6.10 Å². The zero-order valence-corrected chi connectivity index (χ0v) is 17.7. The van der Waals surface area contributed by atoms with Crippen LogP contribution in [0.25, 0.3) is 0 Å². The smallest absolute Gasteiger partial charge is 0.260 e. The molecule has 2 atom stereocenters. The number of ether oxygens (including phenoxy) is 2. The molecular weight excluding hydrogens is 364 g/mol. The molecule has 1 fully saturated rings. The Morgan fingerprint density at radius 1 is 1.00 bits per heavy atom. The summed E-state index contributed by atoms with van der Waals surface area (Å²) in [6.07, 6.45) is 3.14. The molecule has 5 heteroatoms. The summed E-state index contributed by atoms with van der Waals surface area (Å²) in [7, 11) is 1.67. The first-order valence-corrected chi connectivity index (χ1v) is 10.5. The summed E-state index contributed by atoms with van der Waals surface area (Å²) in [5.41, 5.74) is 2.36. The molecule has 1 amide bonds. The first-order valence-electron chi connectivity index (χ1n) is 10.5. The van der Waals surface area contributed by atoms with Crippen molar-refractivity contribution in [3.63, 3.8) is 0 Å². The Hall–Kier alpha value is -2.53. The van der Waals surface area contributed by atoms with Gasteiger partial charge in [-0.15, -0.1) is 0 Å². The molecule has 1 aliphatic heterocycles. The Balaban J connectivity index is 1.63. The van der Waals surface area contributed by atoms with Crippen LogP contribution in [0.1, 0.15) is 43.4 Å². The second kappa shape index (κ2) is 10.3. The van der Waals surface area contributed by atoms with Gasteiger partial charge in [-0.3, -0.25) is 9.69 Å². The molecule has 1 saturated heterocycles. The number of piperidine rings is 1. The number of nitrogens with one attached hydrogen (secondary N) is 1. The lowest BCUT2D eigenvalue weighted by Gasteiger charge is -2.35. The molecule has 1 N–H and O–H groups in total. The van der Waals surface area contributed by atoms with Gasteiger partial charge in [-0.2, -0.15) is 0 Å². The summed E-state index contributed by atoms with van der Waals surface area (Å²) in [6.45, 7) is 6.50. The van der Waals surface area contributed by atoms with Gasteiger partial charge in [0, 0.05) is 6.54 Å². The lowest BCUT2D eigenvalue weighted by molar-refractivity contribution is -0.127. The van der Waals surface area contributed by atoms with Gasteiger partial charge in [0.05, 0.1) is 13.2 Å². The van der Waals surface area contributed by atoms with Gasteiger partial charge >= 0.3 is 0 Å². The predicted octanol–water partition coefficient (Wildman–Crippen LogP) is 4.11. The molecule has 0 spiro atoms. The van der Waals surface area contributed by atoms with Crippen molar-refractivity contribution in [1.29, 1.82) is 0 Å². The number of hydrogen-bond donors (Lipinski definition) is 1. The van der Waals surface area contributed by atoms with E-state index < -0.39 is 6.10 Å². The standard InChI is InChI=1S/C24H32N2O3/c1-18-7-11-22(12-8-18)29-19(2)24(27)25-17-23(26-15-5-4-6-16-26)20-9-13-21(28-3)14-10-20/h7-14,19,23H,4-6,15-17H2,1-3H3,(H,25,27). The van der Waals surface area contributed by atoms with Gasteiger partial charge in [0.1, 0.15) is 11.5 Å². The van der Waals surface area contributed by atoms with Crippen molar-refractivity contribution in [2.24, 2.45) is 0 Å². The SMILES string of the molecule is COc1ccc(C(CNC(=O)C(C)Oc2ccc(C)cc2)N2CCCCC2)cc1. The molecule has 2 aromatic carbocycles. The van der Waals surface area contributed by atoms with E-state index >= 15 is 0 Å². The minimum absolute atomic E-state index is 0.0962. The van der Waals surface area contributed by atoms with Crippen molar-refractivity contribution < 1.29 is 14.3 Å². The van der Waals surface area contributed by atoms with Crippen molar-refractivity contribution in [2.75, 3.05) is 26.7 Å². The zero-order valence-electron chi connectivity index (χ0n) is 17.7. The van der Waals surface area contributed by atoms with Crippen LogP contribution in [0.15, 0.2) is 48.5 Å². The highest BCUT2D eigenvalue weighted by Gasteiger charge is 2.24. The second-order valence-corrected chi connectivity index (χ2v) is 7.70. The third-order valence-electron chi connectivity index (χ3n) is 5.50. The Morgan fingerprint density at radius 3 is 2.24 bits per heavy atom. The average Bonchev–Trinajstić information content (AvgIpc) is 2.76. The number of likely N-dealkylation sites (tertiary alicyclic amines) is 1. The number of carbonyl (C=O) groups excluding carboxylic acids is 1. The summed E-state index contributed by atoms with van der Waals surface area (Å²) in [5.74, 6) is 1.46. The molecule has 0 radical (unpaired) electrons. The molecule has 0 saturated carbocycles. The summed E-state index contributed by atoms with van der Waals surface area (Å²) in [4.78, 5) is 15.1. The Kier molecular flexibility index (Phi) is 7.53. The lowest BCUT2D eigenvalue weighted by atomic mass is 10.0. The number of rotatable bonds is 8. The van der Waals surface area contributed by atoms with E-state index in [1.807, 2.05) is 43.3 Å². The van der Waals surface area contributed by atoms with Gasteiger partial charge in [-0.25, -0.2) is 0 Å². The fourth-order valence-electron chi connectivity index (χ4n) is 3.73. The van der Waals surface area contributed by atoms with Gasteiger partial charge in [0.2, 0.25) is 0 Å². The van der Waals surface area contributed by atoms with Crippen LogP contribution in [0.4, 0.5) is 0 Å². The molecule has 156 valence electrons. The largest absolute Gasteiger partial charge is 0.497 e. The highest BCUT2D eigenvalue weighted by molar-refractivity contribution is 5.80. The molecule has 2 aromatic rings. The van der Waals surface area contributed by atoms with E-state index in [-0.39, 0.29) is 11.9 Å². The minimum atomic E-state index is -0.546. The third kappa shape index (κ3) is 5.97. The van der Waals surface area contributed by atoms with E-state index in [2.05, 4.69) is 22.3 Å². The van der Waals surface area contributed by atoms with E-state index in [4.69, 9.17) is 9.47 Å². The van der Waals surface area contributed by atoms with Crippen LogP contribution in [0, 0.1) is 6.92 Å². The number of benzene rings is 2. The Labute approximate surface area is 174 Å². The number of nitrogens with zero attached hydrogens (tertiary/aromatic N) is 1. The van der Waals surface area contributed by atoms with E-state index in [1.54, 1.807) is 14.0 Å². The van der Waals surface area contributed by atoms with Crippen molar-refractivity contribution in [3.8, 4) is 11.5 Å². The highest BCUT2D eigenvalue weighted by atomic mass is 16.5. The molecule has 1 aliphatic rings. The molecule has 29 heavy (non-hydrogen) atoms. The van der Waals surface area contributed by atoms with Crippen molar-refractivity contribution >= 4 is 5.91 Å². The average molecular weight is 397 g/mol. The van der Waals surface area contributed by atoms with Gasteiger partial charge in [-0.1, -0.05) is 36.2 Å². The van der Waals surface area contributed by atoms with Crippen LogP contribution in [-0.2, 0) is 4.79 Å². The quantitative estimate of drug-likeness (QED) is 0.729. The van der Waals surface area contributed by atoms with Crippen LogP contribution >= 0.6 is 0 Å². The maximum absolute atomic E-state index is 12.7. The Morgan fingerprint density at radius 2 is 1.62 bits per heavy atom. The monoisotopic (exact) mass is 396 g/mol. The number of carbonyl (C=O) groups is 1. The molecular formula is C24H32N2O3. The molecule has 5 nitrogen and oxygen atoms in total. The molecule has 0 aliphatic carbocycles.